The number of rotatable bonds is 9. The number of hydrogen-bond acceptors (Lipinski definition) is 4. The van der Waals surface area contributed by atoms with E-state index in [4.69, 9.17) is 0 Å². The Balaban J connectivity index is 2.79. The minimum absolute atomic E-state index is 0.232. The van der Waals surface area contributed by atoms with Crippen molar-refractivity contribution in [2.45, 2.75) is 45.2 Å². The molecule has 0 aliphatic heterocycles. The first-order chi connectivity index (χ1) is 9.77. The third kappa shape index (κ3) is 5.26. The molecule has 0 spiro atoms. The highest BCUT2D eigenvalue weighted by Gasteiger charge is 2.24. The number of hydrogen-bond donors (Lipinski definition) is 1. The van der Waals surface area contributed by atoms with Gasteiger partial charge in [0.2, 0.25) is 10.0 Å². The van der Waals surface area contributed by atoms with Crippen LogP contribution in [-0.4, -0.2) is 48.2 Å². The summed E-state index contributed by atoms with van der Waals surface area (Å²) >= 11 is 0. The molecule has 0 aromatic carbocycles. The fourth-order valence-electron chi connectivity index (χ4n) is 1.88. The standard InChI is InChI=1S/C14H26N4O2S/c1-6-18(10-12(2)3)21(19,20)14-9-16-17(11-14)8-7-15-13(4)5/h9,11,13,15H,2,6-8,10H2,1,3-5H3. The van der Waals surface area contributed by atoms with Gasteiger partial charge in [0.05, 0.1) is 12.7 Å². The maximum atomic E-state index is 12.5. The van der Waals surface area contributed by atoms with E-state index < -0.39 is 10.0 Å². The topological polar surface area (TPSA) is 67.2 Å². The number of aromatic nitrogens is 2. The number of nitrogens with zero attached hydrogens (tertiary/aromatic N) is 3. The lowest BCUT2D eigenvalue weighted by molar-refractivity contribution is 0.452. The van der Waals surface area contributed by atoms with Crippen LogP contribution in [0, 0.1) is 0 Å². The zero-order chi connectivity index (χ0) is 16.0. The van der Waals surface area contributed by atoms with Crippen LogP contribution in [0.4, 0.5) is 0 Å². The van der Waals surface area contributed by atoms with Gasteiger partial charge in [-0.1, -0.05) is 32.9 Å². The molecule has 0 amide bonds. The van der Waals surface area contributed by atoms with E-state index in [0.29, 0.717) is 25.7 Å². The minimum Gasteiger partial charge on any atom is -0.313 e. The van der Waals surface area contributed by atoms with Gasteiger partial charge in [0.25, 0.3) is 0 Å². The Labute approximate surface area is 127 Å². The zero-order valence-electron chi connectivity index (χ0n) is 13.3. The molecule has 1 N–H and O–H groups in total. The molecule has 1 rings (SSSR count). The van der Waals surface area contributed by atoms with E-state index in [0.717, 1.165) is 12.1 Å². The van der Waals surface area contributed by atoms with Crippen molar-refractivity contribution in [2.75, 3.05) is 19.6 Å². The lowest BCUT2D eigenvalue weighted by atomic mass is 10.3. The summed E-state index contributed by atoms with van der Waals surface area (Å²) in [5.74, 6) is 0. The molecule has 0 bridgehead atoms. The molecule has 1 aromatic rings. The summed E-state index contributed by atoms with van der Waals surface area (Å²) in [4.78, 5) is 0.232. The van der Waals surface area contributed by atoms with Crippen LogP contribution in [0.5, 0.6) is 0 Å². The van der Waals surface area contributed by atoms with Gasteiger partial charge in [-0.25, -0.2) is 8.42 Å². The predicted octanol–water partition coefficient (Wildman–Crippen LogP) is 1.47. The van der Waals surface area contributed by atoms with Crippen molar-refractivity contribution in [3.63, 3.8) is 0 Å². The lowest BCUT2D eigenvalue weighted by Gasteiger charge is -2.19. The second kappa shape index (κ2) is 7.72. The van der Waals surface area contributed by atoms with Crippen molar-refractivity contribution in [3.05, 3.63) is 24.5 Å². The van der Waals surface area contributed by atoms with E-state index in [1.165, 1.54) is 10.5 Å². The predicted molar refractivity (Wildman–Crippen MR) is 84.6 cm³/mol. The van der Waals surface area contributed by atoms with E-state index in [9.17, 15) is 8.42 Å². The fourth-order valence-corrected chi connectivity index (χ4v) is 3.35. The van der Waals surface area contributed by atoms with Crippen molar-refractivity contribution in [1.29, 1.82) is 0 Å². The third-order valence-electron chi connectivity index (χ3n) is 2.94. The molecule has 0 unspecified atom stereocenters. The monoisotopic (exact) mass is 314 g/mol. The fraction of sp³-hybridized carbons (Fsp3) is 0.643. The number of sulfonamides is 1. The Kier molecular flexibility index (Phi) is 6.57. The molecular weight excluding hydrogens is 288 g/mol. The van der Waals surface area contributed by atoms with Crippen LogP contribution in [0.25, 0.3) is 0 Å². The van der Waals surface area contributed by atoms with Crippen LogP contribution in [0.1, 0.15) is 27.7 Å². The number of likely N-dealkylation sites (N-methyl/N-ethyl adjacent to an activating group) is 1. The Morgan fingerprint density at radius 3 is 2.71 bits per heavy atom. The summed E-state index contributed by atoms with van der Waals surface area (Å²) in [5.41, 5.74) is 0.814. The van der Waals surface area contributed by atoms with E-state index in [-0.39, 0.29) is 4.90 Å². The van der Waals surface area contributed by atoms with Gasteiger partial charge >= 0.3 is 0 Å². The molecule has 21 heavy (non-hydrogen) atoms. The summed E-state index contributed by atoms with van der Waals surface area (Å²) in [5, 5.41) is 7.39. The van der Waals surface area contributed by atoms with Gasteiger partial charge in [0.15, 0.2) is 0 Å². The van der Waals surface area contributed by atoms with Crippen molar-refractivity contribution in [1.82, 2.24) is 19.4 Å². The summed E-state index contributed by atoms with van der Waals surface area (Å²) in [6, 6.07) is 0.398. The summed E-state index contributed by atoms with van der Waals surface area (Å²) in [7, 11) is -3.50. The van der Waals surface area contributed by atoms with Crippen molar-refractivity contribution >= 4 is 10.0 Å². The third-order valence-corrected chi connectivity index (χ3v) is 4.81. The van der Waals surface area contributed by atoms with Crippen LogP contribution in [0.3, 0.4) is 0 Å². The normalized spacial score (nSPS) is 12.3. The van der Waals surface area contributed by atoms with E-state index in [1.807, 2.05) is 13.8 Å². The molecular formula is C14H26N4O2S. The Hall–Kier alpha value is -1.18. The smallest absolute Gasteiger partial charge is 0.246 e. The average Bonchev–Trinajstić information content (AvgIpc) is 2.84. The van der Waals surface area contributed by atoms with Crippen molar-refractivity contribution in [3.8, 4) is 0 Å². The molecule has 0 aliphatic rings. The van der Waals surface area contributed by atoms with Gasteiger partial charge in [0.1, 0.15) is 4.90 Å². The molecule has 0 saturated carbocycles. The van der Waals surface area contributed by atoms with Gasteiger partial charge in [-0.15, -0.1) is 0 Å². The van der Waals surface area contributed by atoms with Crippen LogP contribution in [0.15, 0.2) is 29.4 Å². The SMILES string of the molecule is C=C(C)CN(CC)S(=O)(=O)c1cnn(CCNC(C)C)c1. The second-order valence-electron chi connectivity index (χ2n) is 5.44. The van der Waals surface area contributed by atoms with E-state index in [1.54, 1.807) is 10.9 Å². The maximum absolute atomic E-state index is 12.5. The molecule has 6 nitrogen and oxygen atoms in total. The van der Waals surface area contributed by atoms with Crippen LogP contribution < -0.4 is 5.32 Å². The highest BCUT2D eigenvalue weighted by Crippen LogP contribution is 2.15. The summed E-state index contributed by atoms with van der Waals surface area (Å²) in [6.07, 6.45) is 2.99. The summed E-state index contributed by atoms with van der Waals surface area (Å²) in [6.45, 7) is 13.7. The number of nitrogens with one attached hydrogen (secondary N) is 1. The lowest BCUT2D eigenvalue weighted by Crippen LogP contribution is -2.32. The summed E-state index contributed by atoms with van der Waals surface area (Å²) < 4.78 is 28.1. The molecule has 7 heteroatoms. The zero-order valence-corrected chi connectivity index (χ0v) is 14.2. The first-order valence-electron chi connectivity index (χ1n) is 7.17. The van der Waals surface area contributed by atoms with Crippen LogP contribution >= 0.6 is 0 Å². The van der Waals surface area contributed by atoms with E-state index >= 15 is 0 Å². The molecule has 1 heterocycles. The minimum atomic E-state index is -3.50. The second-order valence-corrected chi connectivity index (χ2v) is 7.37. The van der Waals surface area contributed by atoms with E-state index in [2.05, 4.69) is 30.8 Å². The molecule has 0 atom stereocenters. The Bertz CT molecular complexity index is 563. The molecule has 120 valence electrons. The van der Waals surface area contributed by atoms with Gasteiger partial charge in [-0.05, 0) is 6.92 Å². The first kappa shape index (κ1) is 17.9. The van der Waals surface area contributed by atoms with Gasteiger partial charge in [-0.2, -0.15) is 9.40 Å². The molecule has 0 aliphatic carbocycles. The molecule has 0 radical (unpaired) electrons. The van der Waals surface area contributed by atoms with Gasteiger partial charge < -0.3 is 5.32 Å². The van der Waals surface area contributed by atoms with Gasteiger partial charge in [0, 0.05) is 31.9 Å². The maximum Gasteiger partial charge on any atom is 0.246 e. The molecule has 1 aromatic heterocycles. The Morgan fingerprint density at radius 2 is 2.19 bits per heavy atom. The Morgan fingerprint density at radius 1 is 1.52 bits per heavy atom. The highest BCUT2D eigenvalue weighted by atomic mass is 32.2. The van der Waals surface area contributed by atoms with Crippen molar-refractivity contribution in [2.24, 2.45) is 0 Å². The molecule has 0 fully saturated rings. The van der Waals surface area contributed by atoms with Crippen molar-refractivity contribution < 1.29 is 8.42 Å². The molecule has 0 saturated heterocycles. The first-order valence-corrected chi connectivity index (χ1v) is 8.61. The quantitative estimate of drug-likeness (QED) is 0.701. The van der Waals surface area contributed by atoms with Gasteiger partial charge in [-0.3, -0.25) is 4.68 Å². The van der Waals surface area contributed by atoms with Crippen LogP contribution in [-0.2, 0) is 16.6 Å². The van der Waals surface area contributed by atoms with Crippen LogP contribution in [0.2, 0.25) is 0 Å². The largest absolute Gasteiger partial charge is 0.313 e. The average molecular weight is 314 g/mol. The highest BCUT2D eigenvalue weighted by molar-refractivity contribution is 7.89.